The highest BCUT2D eigenvalue weighted by Crippen LogP contribution is 2.21. The maximum absolute atomic E-state index is 12.9. The van der Waals surface area contributed by atoms with Crippen molar-refractivity contribution in [1.29, 1.82) is 0 Å². The smallest absolute Gasteiger partial charge is 0.360 e. The molecule has 1 aliphatic heterocycles. The first kappa shape index (κ1) is 23.4. The molecule has 2 heterocycles. The van der Waals surface area contributed by atoms with Crippen molar-refractivity contribution in [3.05, 3.63) is 40.3 Å². The van der Waals surface area contributed by atoms with E-state index >= 15 is 0 Å². The molecule has 1 amide bonds. The van der Waals surface area contributed by atoms with Crippen molar-refractivity contribution in [2.24, 2.45) is 5.92 Å². The van der Waals surface area contributed by atoms with Gasteiger partial charge in [0.05, 0.1) is 24.0 Å². The van der Waals surface area contributed by atoms with E-state index in [-0.39, 0.29) is 35.1 Å². The number of fused-ring (bicyclic) bond motifs is 1. The lowest BCUT2D eigenvalue weighted by molar-refractivity contribution is -0.152. The molecule has 9 nitrogen and oxygen atoms in total. The zero-order valence-corrected chi connectivity index (χ0v) is 18.9. The molecule has 0 saturated carbocycles. The van der Waals surface area contributed by atoms with Crippen molar-refractivity contribution in [2.45, 2.75) is 52.7 Å². The molecule has 172 valence electrons. The van der Waals surface area contributed by atoms with Crippen LogP contribution in [0.4, 0.5) is 0 Å². The molecule has 1 atom stereocenters. The van der Waals surface area contributed by atoms with E-state index < -0.39 is 12.1 Å². The Morgan fingerprint density at radius 1 is 1.09 bits per heavy atom. The standard InChI is InChI=1S/C23H29N3O6/c1-5-31-22(29)16-10-12-25(13-11-16)20(27)15(4)32-23(30)19-17-8-6-7-9-18(17)21(28)26(24-19)14(2)3/h6-9,14-16H,5,10-13H2,1-4H3. The number of esters is 2. The summed E-state index contributed by atoms with van der Waals surface area (Å²) in [5.41, 5.74) is -0.296. The van der Waals surface area contributed by atoms with Crippen molar-refractivity contribution in [3.63, 3.8) is 0 Å². The van der Waals surface area contributed by atoms with Crippen molar-refractivity contribution in [3.8, 4) is 0 Å². The van der Waals surface area contributed by atoms with Gasteiger partial charge in [0.15, 0.2) is 11.8 Å². The second-order valence-electron chi connectivity index (χ2n) is 8.14. The van der Waals surface area contributed by atoms with E-state index in [9.17, 15) is 19.2 Å². The van der Waals surface area contributed by atoms with Gasteiger partial charge in [0.2, 0.25) is 0 Å². The Hall–Kier alpha value is -3.23. The third kappa shape index (κ3) is 4.81. The van der Waals surface area contributed by atoms with Crippen LogP contribution in [0.2, 0.25) is 0 Å². The maximum atomic E-state index is 12.9. The number of hydrogen-bond donors (Lipinski definition) is 0. The Labute approximate surface area is 186 Å². The molecular formula is C23H29N3O6. The quantitative estimate of drug-likeness (QED) is 0.631. The molecule has 0 radical (unpaired) electrons. The van der Waals surface area contributed by atoms with Crippen LogP contribution in [0.5, 0.6) is 0 Å². The molecule has 1 aliphatic rings. The topological polar surface area (TPSA) is 108 Å². The van der Waals surface area contributed by atoms with Crippen LogP contribution in [-0.2, 0) is 19.1 Å². The number of likely N-dealkylation sites (tertiary alicyclic amines) is 1. The predicted octanol–water partition coefficient (Wildman–Crippen LogP) is 2.32. The van der Waals surface area contributed by atoms with E-state index in [1.165, 1.54) is 11.6 Å². The molecule has 3 rings (SSSR count). The summed E-state index contributed by atoms with van der Waals surface area (Å²) in [6.07, 6.45) is -0.00487. The zero-order valence-electron chi connectivity index (χ0n) is 18.9. The maximum Gasteiger partial charge on any atom is 0.360 e. The van der Waals surface area contributed by atoms with Gasteiger partial charge in [0.25, 0.3) is 11.5 Å². The van der Waals surface area contributed by atoms with Gasteiger partial charge in [-0.25, -0.2) is 9.48 Å². The lowest BCUT2D eigenvalue weighted by Crippen LogP contribution is -2.45. The van der Waals surface area contributed by atoms with Gasteiger partial charge in [0, 0.05) is 18.5 Å². The van der Waals surface area contributed by atoms with Crippen LogP contribution < -0.4 is 5.56 Å². The van der Waals surface area contributed by atoms with Crippen LogP contribution >= 0.6 is 0 Å². The molecule has 1 aromatic heterocycles. The number of benzene rings is 1. The van der Waals surface area contributed by atoms with Gasteiger partial charge >= 0.3 is 11.9 Å². The van der Waals surface area contributed by atoms with Crippen molar-refractivity contribution < 1.29 is 23.9 Å². The molecule has 32 heavy (non-hydrogen) atoms. The van der Waals surface area contributed by atoms with Crippen LogP contribution in [0.15, 0.2) is 29.1 Å². The fourth-order valence-corrected chi connectivity index (χ4v) is 3.83. The molecule has 1 unspecified atom stereocenters. The van der Waals surface area contributed by atoms with Crippen LogP contribution in [0.1, 0.15) is 57.1 Å². The van der Waals surface area contributed by atoms with E-state index in [4.69, 9.17) is 9.47 Å². The number of rotatable bonds is 6. The highest BCUT2D eigenvalue weighted by molar-refractivity contribution is 6.02. The van der Waals surface area contributed by atoms with E-state index in [0.717, 1.165) is 0 Å². The normalized spacial score (nSPS) is 15.6. The third-order valence-corrected chi connectivity index (χ3v) is 5.57. The lowest BCUT2D eigenvalue weighted by Gasteiger charge is -2.32. The van der Waals surface area contributed by atoms with E-state index in [2.05, 4.69) is 5.10 Å². The first-order valence-electron chi connectivity index (χ1n) is 10.9. The molecule has 0 spiro atoms. The molecular weight excluding hydrogens is 414 g/mol. The highest BCUT2D eigenvalue weighted by Gasteiger charge is 2.32. The molecule has 2 aromatic rings. The van der Waals surface area contributed by atoms with E-state index in [1.54, 1.807) is 49.9 Å². The van der Waals surface area contributed by atoms with Crippen molar-refractivity contribution in [2.75, 3.05) is 19.7 Å². The van der Waals surface area contributed by atoms with Gasteiger partial charge in [-0.15, -0.1) is 0 Å². The number of hydrogen-bond acceptors (Lipinski definition) is 7. The predicted molar refractivity (Wildman–Crippen MR) is 117 cm³/mol. The Balaban J connectivity index is 1.73. The van der Waals surface area contributed by atoms with Crippen molar-refractivity contribution in [1.82, 2.24) is 14.7 Å². The highest BCUT2D eigenvalue weighted by atomic mass is 16.5. The third-order valence-electron chi connectivity index (χ3n) is 5.57. The summed E-state index contributed by atoms with van der Waals surface area (Å²) in [5.74, 6) is -1.55. The second-order valence-corrected chi connectivity index (χ2v) is 8.14. The van der Waals surface area contributed by atoms with Gasteiger partial charge in [-0.2, -0.15) is 5.10 Å². The first-order chi connectivity index (χ1) is 15.2. The SMILES string of the molecule is CCOC(=O)C1CCN(C(=O)C(C)OC(=O)c2nn(C(C)C)c(=O)c3ccccc23)CC1. The van der Waals surface area contributed by atoms with Crippen LogP contribution in [0.3, 0.4) is 0 Å². The molecule has 1 fully saturated rings. The molecule has 1 aromatic carbocycles. The van der Waals surface area contributed by atoms with Crippen LogP contribution in [0, 0.1) is 5.92 Å². The van der Waals surface area contributed by atoms with Crippen molar-refractivity contribution >= 4 is 28.6 Å². The lowest BCUT2D eigenvalue weighted by atomic mass is 9.97. The summed E-state index contributed by atoms with van der Waals surface area (Å²) in [6.45, 7) is 7.98. The molecule has 1 saturated heterocycles. The Bertz CT molecular complexity index is 1070. The summed E-state index contributed by atoms with van der Waals surface area (Å²) >= 11 is 0. The van der Waals surface area contributed by atoms with Gasteiger partial charge in [-0.1, -0.05) is 18.2 Å². The van der Waals surface area contributed by atoms with Crippen LogP contribution in [0.25, 0.3) is 10.8 Å². The van der Waals surface area contributed by atoms with Gasteiger partial charge in [-0.05, 0) is 46.6 Å². The Morgan fingerprint density at radius 2 is 1.72 bits per heavy atom. The summed E-state index contributed by atoms with van der Waals surface area (Å²) < 4.78 is 11.7. The van der Waals surface area contributed by atoms with E-state index in [0.29, 0.717) is 43.3 Å². The molecule has 0 aliphatic carbocycles. The average Bonchev–Trinajstić information content (AvgIpc) is 2.78. The monoisotopic (exact) mass is 443 g/mol. The fraction of sp³-hybridized carbons (Fsp3) is 0.522. The largest absolute Gasteiger partial charge is 0.466 e. The zero-order chi connectivity index (χ0) is 23.4. The molecule has 9 heteroatoms. The average molecular weight is 444 g/mol. The van der Waals surface area contributed by atoms with Gasteiger partial charge < -0.3 is 14.4 Å². The summed E-state index contributed by atoms with van der Waals surface area (Å²) in [6, 6.07) is 6.45. The molecule has 0 bridgehead atoms. The first-order valence-corrected chi connectivity index (χ1v) is 10.9. The number of carbonyl (C=O) groups excluding carboxylic acids is 3. The number of carbonyl (C=O) groups is 3. The number of ether oxygens (including phenoxy) is 2. The minimum atomic E-state index is -1.03. The van der Waals surface area contributed by atoms with Gasteiger partial charge in [0.1, 0.15) is 0 Å². The number of nitrogens with zero attached hydrogens (tertiary/aromatic N) is 3. The number of aromatic nitrogens is 2. The Kier molecular flexibility index (Phi) is 7.27. The Morgan fingerprint density at radius 3 is 2.31 bits per heavy atom. The van der Waals surface area contributed by atoms with Gasteiger partial charge in [-0.3, -0.25) is 14.4 Å². The summed E-state index contributed by atoms with van der Waals surface area (Å²) in [7, 11) is 0. The fourth-order valence-electron chi connectivity index (χ4n) is 3.83. The number of piperidine rings is 1. The van der Waals surface area contributed by atoms with E-state index in [1.807, 2.05) is 0 Å². The van der Waals surface area contributed by atoms with Crippen LogP contribution in [-0.4, -0.2) is 58.3 Å². The second kappa shape index (κ2) is 9.93. The minimum Gasteiger partial charge on any atom is -0.466 e. The molecule has 0 N–H and O–H groups in total. The minimum absolute atomic E-state index is 0.00503. The summed E-state index contributed by atoms with van der Waals surface area (Å²) in [5, 5.41) is 4.97. The number of amides is 1. The summed E-state index contributed by atoms with van der Waals surface area (Å²) in [4.78, 5) is 51.9.